The maximum absolute atomic E-state index is 2.53. The molecule has 0 amide bonds. The van der Waals surface area contributed by atoms with Crippen LogP contribution in [0.5, 0.6) is 0 Å². The molecule has 0 fully saturated rings. The summed E-state index contributed by atoms with van der Waals surface area (Å²) in [6, 6.07) is 9.33. The Balaban J connectivity index is 2.62. The van der Waals surface area contributed by atoms with Crippen molar-refractivity contribution in [3.05, 3.63) is 29.8 Å². The highest BCUT2D eigenvalue weighted by atomic mass is 28.3. The number of hydrogen-bond acceptors (Lipinski definition) is 1. The number of hydrogen-bond donors (Lipinski definition) is 0. The molecule has 1 rings (SSSR count). The summed E-state index contributed by atoms with van der Waals surface area (Å²) in [7, 11) is -1.14. The van der Waals surface area contributed by atoms with Crippen LogP contribution in [0.25, 0.3) is 0 Å². The molecule has 0 spiro atoms. The Morgan fingerprint density at radius 3 is 2.06 bits per heavy atom. The zero-order valence-corrected chi connectivity index (χ0v) is 13.8. The summed E-state index contributed by atoms with van der Waals surface area (Å²) in [5.74, 6) is 0. The molecule has 0 N–H and O–H groups in total. The summed E-state index contributed by atoms with van der Waals surface area (Å²) in [6.45, 7) is 15.2. The second-order valence-electron chi connectivity index (χ2n) is 6.17. The van der Waals surface area contributed by atoms with Crippen LogP contribution in [-0.2, 0) is 6.54 Å². The molecular formula is C16H29NSi. The van der Waals surface area contributed by atoms with E-state index in [4.69, 9.17) is 0 Å². The number of nitrogens with zero attached hydrogens (tertiary/aromatic N) is 1. The number of unbranched alkanes of at least 4 members (excludes halogenated alkanes) is 1. The Kier molecular flexibility index (Phi) is 6.10. The third-order valence-corrected chi connectivity index (χ3v) is 5.57. The Morgan fingerprint density at radius 1 is 1.00 bits per heavy atom. The fourth-order valence-electron chi connectivity index (χ4n) is 2.10. The first kappa shape index (κ1) is 15.5. The van der Waals surface area contributed by atoms with Crippen molar-refractivity contribution in [2.75, 3.05) is 13.1 Å². The van der Waals surface area contributed by atoms with E-state index >= 15 is 0 Å². The average molecular weight is 264 g/mol. The van der Waals surface area contributed by atoms with Gasteiger partial charge >= 0.3 is 0 Å². The molecule has 0 saturated heterocycles. The van der Waals surface area contributed by atoms with Crippen LogP contribution in [0.2, 0.25) is 19.6 Å². The van der Waals surface area contributed by atoms with E-state index in [0.29, 0.717) is 0 Å². The van der Waals surface area contributed by atoms with Gasteiger partial charge in [0.25, 0.3) is 0 Å². The topological polar surface area (TPSA) is 3.24 Å². The minimum atomic E-state index is -1.14. The van der Waals surface area contributed by atoms with Gasteiger partial charge in [-0.25, -0.2) is 0 Å². The molecule has 2 heteroatoms. The van der Waals surface area contributed by atoms with E-state index in [1.807, 2.05) is 0 Å². The molecule has 0 atom stereocenters. The highest BCUT2D eigenvalue weighted by molar-refractivity contribution is 6.88. The van der Waals surface area contributed by atoms with Crippen LogP contribution in [0.15, 0.2) is 24.3 Å². The maximum atomic E-state index is 2.53. The predicted octanol–water partition coefficient (Wildman–Crippen LogP) is 3.85. The van der Waals surface area contributed by atoms with Gasteiger partial charge in [-0.2, -0.15) is 0 Å². The molecule has 0 bridgehead atoms. The van der Waals surface area contributed by atoms with E-state index in [2.05, 4.69) is 62.7 Å². The van der Waals surface area contributed by atoms with Gasteiger partial charge in [-0.05, 0) is 25.1 Å². The second-order valence-corrected chi connectivity index (χ2v) is 11.2. The second kappa shape index (κ2) is 7.10. The van der Waals surface area contributed by atoms with Gasteiger partial charge in [0, 0.05) is 6.54 Å². The number of rotatable bonds is 7. The van der Waals surface area contributed by atoms with E-state index in [-0.39, 0.29) is 0 Å². The first-order valence-electron chi connectivity index (χ1n) is 7.29. The molecule has 0 unspecified atom stereocenters. The Labute approximate surface area is 114 Å². The highest BCUT2D eigenvalue weighted by Gasteiger charge is 2.15. The molecule has 1 nitrogen and oxygen atoms in total. The van der Waals surface area contributed by atoms with E-state index in [0.717, 1.165) is 13.1 Å². The summed E-state index contributed by atoms with van der Waals surface area (Å²) in [5, 5.41) is 1.56. The molecule has 102 valence electrons. The van der Waals surface area contributed by atoms with E-state index in [1.54, 1.807) is 5.19 Å². The van der Waals surface area contributed by atoms with E-state index in [9.17, 15) is 0 Å². The van der Waals surface area contributed by atoms with Crippen LogP contribution in [0, 0.1) is 0 Å². The minimum Gasteiger partial charge on any atom is -0.299 e. The Hall–Kier alpha value is -0.603. The van der Waals surface area contributed by atoms with Gasteiger partial charge < -0.3 is 0 Å². The molecule has 1 aromatic rings. The molecule has 0 aliphatic rings. The third-order valence-electron chi connectivity index (χ3n) is 3.50. The minimum absolute atomic E-state index is 1.10. The molecule has 18 heavy (non-hydrogen) atoms. The molecule has 0 saturated carbocycles. The van der Waals surface area contributed by atoms with Crippen LogP contribution in [-0.4, -0.2) is 26.1 Å². The first-order valence-corrected chi connectivity index (χ1v) is 10.8. The van der Waals surface area contributed by atoms with Gasteiger partial charge in [0.15, 0.2) is 0 Å². The average Bonchev–Trinajstić information content (AvgIpc) is 2.34. The van der Waals surface area contributed by atoms with Crippen molar-refractivity contribution in [1.82, 2.24) is 4.90 Å². The SMILES string of the molecule is CCCCN(CC)Cc1ccc([Si](C)(C)C)cc1. The quantitative estimate of drug-likeness (QED) is 0.675. The van der Waals surface area contributed by atoms with Gasteiger partial charge in [0.1, 0.15) is 0 Å². The van der Waals surface area contributed by atoms with Crippen LogP contribution in [0.3, 0.4) is 0 Å². The van der Waals surface area contributed by atoms with Gasteiger partial charge in [-0.3, -0.25) is 4.90 Å². The van der Waals surface area contributed by atoms with Crippen LogP contribution < -0.4 is 5.19 Å². The van der Waals surface area contributed by atoms with Gasteiger partial charge in [-0.1, -0.05) is 69.4 Å². The summed E-state index contributed by atoms with van der Waals surface area (Å²) in [5.41, 5.74) is 1.45. The van der Waals surface area contributed by atoms with Crippen LogP contribution in [0.4, 0.5) is 0 Å². The summed E-state index contributed by atoms with van der Waals surface area (Å²) >= 11 is 0. The van der Waals surface area contributed by atoms with Gasteiger partial charge in [-0.15, -0.1) is 0 Å². The van der Waals surface area contributed by atoms with E-state index < -0.39 is 8.07 Å². The van der Waals surface area contributed by atoms with Crippen molar-refractivity contribution in [1.29, 1.82) is 0 Å². The standard InChI is InChI=1S/C16H29NSi/c1-6-8-13-17(7-2)14-15-9-11-16(12-10-15)18(3,4)5/h9-12H,6-8,13-14H2,1-5H3. The van der Waals surface area contributed by atoms with Crippen molar-refractivity contribution < 1.29 is 0 Å². The molecule has 0 radical (unpaired) electrons. The number of benzene rings is 1. The molecule has 0 aliphatic heterocycles. The first-order chi connectivity index (χ1) is 8.47. The monoisotopic (exact) mass is 263 g/mol. The fraction of sp³-hybridized carbons (Fsp3) is 0.625. The zero-order valence-electron chi connectivity index (χ0n) is 12.8. The molecule has 1 aromatic carbocycles. The Morgan fingerprint density at radius 2 is 1.61 bits per heavy atom. The van der Waals surface area contributed by atoms with Crippen LogP contribution >= 0.6 is 0 Å². The lowest BCUT2D eigenvalue weighted by molar-refractivity contribution is 0.275. The predicted molar refractivity (Wildman–Crippen MR) is 85.3 cm³/mol. The van der Waals surface area contributed by atoms with Crippen molar-refractivity contribution in [2.24, 2.45) is 0 Å². The maximum Gasteiger partial charge on any atom is 0.0775 e. The fourth-order valence-corrected chi connectivity index (χ4v) is 3.27. The molecule has 0 aromatic heterocycles. The lowest BCUT2D eigenvalue weighted by atomic mass is 10.2. The summed E-state index contributed by atoms with van der Waals surface area (Å²) in [4.78, 5) is 2.53. The third kappa shape index (κ3) is 4.95. The van der Waals surface area contributed by atoms with E-state index in [1.165, 1.54) is 24.9 Å². The molecule has 0 heterocycles. The summed E-state index contributed by atoms with van der Waals surface area (Å²) in [6.07, 6.45) is 2.59. The lowest BCUT2D eigenvalue weighted by Crippen LogP contribution is -2.37. The Bertz CT molecular complexity index is 337. The van der Waals surface area contributed by atoms with Gasteiger partial charge in [0.05, 0.1) is 8.07 Å². The normalized spacial score (nSPS) is 12.1. The summed E-state index contributed by atoms with van der Waals surface area (Å²) < 4.78 is 0. The van der Waals surface area contributed by atoms with Crippen LogP contribution in [0.1, 0.15) is 32.3 Å². The van der Waals surface area contributed by atoms with Crippen molar-refractivity contribution in [3.8, 4) is 0 Å². The zero-order chi connectivity index (χ0) is 13.6. The van der Waals surface area contributed by atoms with Crippen molar-refractivity contribution in [3.63, 3.8) is 0 Å². The lowest BCUT2D eigenvalue weighted by Gasteiger charge is -2.21. The smallest absolute Gasteiger partial charge is 0.0775 e. The highest BCUT2D eigenvalue weighted by Crippen LogP contribution is 2.08. The molecule has 0 aliphatic carbocycles. The molecular weight excluding hydrogens is 234 g/mol. The largest absolute Gasteiger partial charge is 0.299 e. The van der Waals surface area contributed by atoms with Gasteiger partial charge in [0.2, 0.25) is 0 Å². The van der Waals surface area contributed by atoms with Crippen molar-refractivity contribution in [2.45, 2.75) is 52.9 Å². The van der Waals surface area contributed by atoms with Crippen molar-refractivity contribution >= 4 is 13.3 Å².